The van der Waals surface area contributed by atoms with Crippen molar-refractivity contribution < 1.29 is 0 Å². The van der Waals surface area contributed by atoms with E-state index in [2.05, 4.69) is 49.4 Å². The van der Waals surface area contributed by atoms with Crippen LogP contribution >= 0.6 is 24.0 Å². The summed E-state index contributed by atoms with van der Waals surface area (Å²) in [6, 6.07) is 14.7. The van der Waals surface area contributed by atoms with Gasteiger partial charge in [-0.1, -0.05) is 18.2 Å². The Labute approximate surface area is 197 Å². The van der Waals surface area contributed by atoms with Crippen LogP contribution in [0, 0.1) is 5.92 Å². The van der Waals surface area contributed by atoms with Gasteiger partial charge in [-0.15, -0.1) is 24.0 Å². The number of halogens is 1. The van der Waals surface area contributed by atoms with Gasteiger partial charge in [0.2, 0.25) is 0 Å². The van der Waals surface area contributed by atoms with Gasteiger partial charge >= 0.3 is 0 Å². The molecule has 162 valence electrons. The lowest BCUT2D eigenvalue weighted by atomic mass is 10.1. The topological polar surface area (TPSA) is 69.8 Å². The fourth-order valence-corrected chi connectivity index (χ4v) is 3.76. The van der Waals surface area contributed by atoms with Gasteiger partial charge in [-0.25, -0.2) is 4.99 Å². The first kappa shape index (κ1) is 22.8. The molecule has 30 heavy (non-hydrogen) atoms. The highest BCUT2D eigenvalue weighted by molar-refractivity contribution is 14.0. The Morgan fingerprint density at radius 1 is 1.07 bits per heavy atom. The number of nitrogens with zero attached hydrogens (tertiary/aromatic N) is 4. The molecule has 2 heterocycles. The number of aliphatic imine (C=N–C) groups is 1. The fourth-order valence-electron chi connectivity index (χ4n) is 3.76. The van der Waals surface area contributed by atoms with Crippen LogP contribution < -0.4 is 16.0 Å². The van der Waals surface area contributed by atoms with Crippen molar-refractivity contribution in [1.29, 1.82) is 0 Å². The zero-order valence-corrected chi connectivity index (χ0v) is 19.9. The molecule has 3 N–H and O–H groups in total. The Balaban J connectivity index is 0.00000256. The minimum atomic E-state index is 0. The van der Waals surface area contributed by atoms with Crippen LogP contribution in [-0.4, -0.2) is 55.1 Å². The van der Waals surface area contributed by atoms with Crippen molar-refractivity contribution in [3.63, 3.8) is 0 Å². The number of hydrogen-bond donors (Lipinski definition) is 2. The van der Waals surface area contributed by atoms with Gasteiger partial charge in [-0.3, -0.25) is 9.88 Å². The monoisotopic (exact) mass is 520 g/mol. The van der Waals surface area contributed by atoms with Crippen LogP contribution in [0.3, 0.4) is 0 Å². The molecule has 0 bridgehead atoms. The second kappa shape index (κ2) is 11.5. The Kier molecular flexibility index (Phi) is 8.74. The molecule has 1 aliphatic heterocycles. The van der Waals surface area contributed by atoms with Crippen molar-refractivity contribution in [2.45, 2.75) is 25.8 Å². The largest absolute Gasteiger partial charge is 0.370 e. The van der Waals surface area contributed by atoms with Crippen LogP contribution in [0.15, 0.2) is 53.7 Å². The predicted octanol–water partition coefficient (Wildman–Crippen LogP) is 2.88. The van der Waals surface area contributed by atoms with E-state index in [1.807, 2.05) is 24.4 Å². The second-order valence-electron chi connectivity index (χ2n) is 8.10. The molecule has 0 spiro atoms. The first-order valence-corrected chi connectivity index (χ1v) is 10.8. The highest BCUT2D eigenvalue weighted by Crippen LogP contribution is 2.30. The molecule has 1 aliphatic carbocycles. The molecular weight excluding hydrogens is 487 g/mol. The minimum Gasteiger partial charge on any atom is -0.370 e. The van der Waals surface area contributed by atoms with Crippen molar-refractivity contribution in [1.82, 2.24) is 15.2 Å². The lowest BCUT2D eigenvalue weighted by Gasteiger charge is -2.36. The van der Waals surface area contributed by atoms with E-state index in [9.17, 15) is 0 Å². The number of rotatable bonds is 8. The van der Waals surface area contributed by atoms with E-state index in [0.29, 0.717) is 12.5 Å². The predicted molar refractivity (Wildman–Crippen MR) is 135 cm³/mol. The number of nitrogens with two attached hydrogens (primary N) is 1. The second-order valence-corrected chi connectivity index (χ2v) is 8.10. The third-order valence-corrected chi connectivity index (χ3v) is 5.73. The third-order valence-electron chi connectivity index (χ3n) is 5.73. The number of pyridine rings is 1. The Bertz CT molecular complexity index is 783. The maximum atomic E-state index is 5.99. The normalized spacial score (nSPS) is 17.5. The van der Waals surface area contributed by atoms with E-state index in [4.69, 9.17) is 5.73 Å². The van der Waals surface area contributed by atoms with Crippen molar-refractivity contribution in [2.24, 2.45) is 16.6 Å². The SMILES string of the molecule is I.NC(=NCc1ccc(N2CCN(CC3CC3)CC2)cc1)NCCc1ccccn1. The highest BCUT2D eigenvalue weighted by Gasteiger charge is 2.26. The molecule has 1 saturated heterocycles. The number of benzene rings is 1. The summed E-state index contributed by atoms with van der Waals surface area (Å²) in [6.07, 6.45) is 5.52. The van der Waals surface area contributed by atoms with Crippen LogP contribution in [0.5, 0.6) is 0 Å². The molecule has 0 radical (unpaired) electrons. The van der Waals surface area contributed by atoms with Gasteiger partial charge < -0.3 is 16.0 Å². The van der Waals surface area contributed by atoms with Gasteiger partial charge in [-0.05, 0) is 48.6 Å². The Hall–Kier alpha value is -1.87. The number of guanidine groups is 1. The number of piperazine rings is 1. The van der Waals surface area contributed by atoms with E-state index in [1.165, 1.54) is 43.7 Å². The molecule has 1 saturated carbocycles. The smallest absolute Gasteiger partial charge is 0.188 e. The van der Waals surface area contributed by atoms with Crippen LogP contribution in [0.2, 0.25) is 0 Å². The summed E-state index contributed by atoms with van der Waals surface area (Å²) in [5.41, 5.74) is 9.53. The zero-order chi connectivity index (χ0) is 19.9. The first-order chi connectivity index (χ1) is 14.3. The Morgan fingerprint density at radius 2 is 1.83 bits per heavy atom. The molecule has 1 aromatic carbocycles. The molecule has 0 atom stereocenters. The molecular formula is C23H33IN6. The average Bonchev–Trinajstić information content (AvgIpc) is 3.58. The maximum Gasteiger partial charge on any atom is 0.188 e. The van der Waals surface area contributed by atoms with Crippen LogP contribution in [0.1, 0.15) is 24.1 Å². The maximum absolute atomic E-state index is 5.99. The van der Waals surface area contributed by atoms with E-state index < -0.39 is 0 Å². The summed E-state index contributed by atoms with van der Waals surface area (Å²) in [5.74, 6) is 1.47. The van der Waals surface area contributed by atoms with E-state index in [1.54, 1.807) is 0 Å². The number of aromatic nitrogens is 1. The van der Waals surface area contributed by atoms with Gasteiger partial charge in [0, 0.05) is 63.3 Å². The van der Waals surface area contributed by atoms with Gasteiger partial charge in [-0.2, -0.15) is 0 Å². The van der Waals surface area contributed by atoms with Crippen molar-refractivity contribution in [3.05, 3.63) is 59.9 Å². The first-order valence-electron chi connectivity index (χ1n) is 10.8. The molecule has 2 aromatic rings. The van der Waals surface area contributed by atoms with Gasteiger partial charge in [0.25, 0.3) is 0 Å². The van der Waals surface area contributed by atoms with Gasteiger partial charge in [0.15, 0.2) is 5.96 Å². The number of nitrogens with one attached hydrogen (secondary N) is 1. The van der Waals surface area contributed by atoms with E-state index >= 15 is 0 Å². The summed E-state index contributed by atoms with van der Waals surface area (Å²) < 4.78 is 0. The Morgan fingerprint density at radius 3 is 2.50 bits per heavy atom. The summed E-state index contributed by atoms with van der Waals surface area (Å²) in [6.45, 7) is 7.25. The fraction of sp³-hybridized carbons (Fsp3) is 0.478. The molecule has 0 unspecified atom stereocenters. The van der Waals surface area contributed by atoms with Crippen molar-refractivity contribution >= 4 is 35.6 Å². The minimum absolute atomic E-state index is 0. The summed E-state index contributed by atoms with van der Waals surface area (Å²) in [4.78, 5) is 13.9. The van der Waals surface area contributed by atoms with Crippen molar-refractivity contribution in [3.8, 4) is 0 Å². The summed E-state index contributed by atoms with van der Waals surface area (Å²) in [7, 11) is 0. The van der Waals surface area contributed by atoms with Gasteiger partial charge in [0.05, 0.1) is 6.54 Å². The van der Waals surface area contributed by atoms with Crippen LogP contribution in [0.25, 0.3) is 0 Å². The molecule has 2 aliphatic rings. The van der Waals surface area contributed by atoms with E-state index in [-0.39, 0.29) is 24.0 Å². The third kappa shape index (κ3) is 7.12. The van der Waals surface area contributed by atoms with E-state index in [0.717, 1.165) is 37.7 Å². The van der Waals surface area contributed by atoms with Crippen LogP contribution in [0.4, 0.5) is 5.69 Å². The summed E-state index contributed by atoms with van der Waals surface area (Å²) in [5, 5.41) is 3.16. The highest BCUT2D eigenvalue weighted by atomic mass is 127. The molecule has 7 heteroatoms. The van der Waals surface area contributed by atoms with Crippen LogP contribution in [-0.2, 0) is 13.0 Å². The standard InChI is InChI=1S/C23H32N6.HI/c24-23(26-12-10-21-3-1-2-11-25-21)27-17-19-6-8-22(9-7-19)29-15-13-28(14-16-29)18-20-4-5-20;/h1-3,6-9,11,20H,4-5,10,12-18H2,(H3,24,26,27);1H. The zero-order valence-electron chi connectivity index (χ0n) is 17.5. The molecule has 2 fully saturated rings. The molecule has 1 aromatic heterocycles. The quantitative estimate of drug-likeness (QED) is 0.319. The molecule has 4 rings (SSSR count). The average molecular weight is 520 g/mol. The van der Waals surface area contributed by atoms with Crippen molar-refractivity contribution in [2.75, 3.05) is 44.2 Å². The number of hydrogen-bond acceptors (Lipinski definition) is 4. The molecule has 6 nitrogen and oxygen atoms in total. The summed E-state index contributed by atoms with van der Waals surface area (Å²) >= 11 is 0. The lowest BCUT2D eigenvalue weighted by molar-refractivity contribution is 0.248. The van der Waals surface area contributed by atoms with Gasteiger partial charge in [0.1, 0.15) is 0 Å². The molecule has 0 amide bonds. The lowest BCUT2D eigenvalue weighted by Crippen LogP contribution is -2.47. The number of anilines is 1.